The first-order valence-electron chi connectivity index (χ1n) is 13.7. The van der Waals surface area contributed by atoms with Crippen molar-refractivity contribution in [2.24, 2.45) is 7.05 Å². The van der Waals surface area contributed by atoms with Crippen LogP contribution in [-0.2, 0) is 30.2 Å². The third-order valence-corrected chi connectivity index (χ3v) is 8.55. The van der Waals surface area contributed by atoms with Crippen molar-refractivity contribution in [3.8, 4) is 5.75 Å². The maximum Gasteiger partial charge on any atom is 0.374 e. The van der Waals surface area contributed by atoms with Gasteiger partial charge < -0.3 is 13.7 Å². The molecule has 2 aliphatic rings. The summed E-state index contributed by atoms with van der Waals surface area (Å²) >= 11 is 0. The van der Waals surface area contributed by atoms with Crippen LogP contribution in [-0.4, -0.2) is 13.0 Å². The minimum Gasteiger partial charge on any atom is -0.730 e. The summed E-state index contributed by atoms with van der Waals surface area (Å²) in [6.07, 6.45) is 10.8. The summed E-state index contributed by atoms with van der Waals surface area (Å²) in [5.74, 6) is 1.06. The molecule has 1 aromatic heterocycles. The van der Waals surface area contributed by atoms with Crippen LogP contribution in [0.1, 0.15) is 62.5 Å². The Morgan fingerprint density at radius 3 is 2.72 bits per heavy atom. The summed E-state index contributed by atoms with van der Waals surface area (Å²) in [6, 6.07) is 16.0. The highest BCUT2D eigenvalue weighted by atomic mass is 32.2. The number of aryl methyl sites for hydroxylation is 2. The molecule has 0 atom stereocenters. The number of hydrogen-bond acceptors (Lipinski definition) is 5. The molecule has 2 heterocycles. The predicted octanol–water partition coefficient (Wildman–Crippen LogP) is 6.45. The zero-order chi connectivity index (χ0) is 27.1. The lowest BCUT2D eigenvalue weighted by molar-refractivity contribution is -0.651. The van der Waals surface area contributed by atoms with E-state index in [1.807, 2.05) is 48.0 Å². The number of benzene rings is 3. The van der Waals surface area contributed by atoms with Gasteiger partial charge in [-0.15, -0.1) is 0 Å². The lowest BCUT2D eigenvalue weighted by atomic mass is 10.0. The van der Waals surface area contributed by atoms with Gasteiger partial charge in [0.05, 0.1) is 11.5 Å². The summed E-state index contributed by atoms with van der Waals surface area (Å²) in [7, 11) is -2.91. The Morgan fingerprint density at radius 2 is 1.90 bits per heavy atom. The SMILES string of the molecule is CCCCC(/C=C1\Oc2ccc3c(c2N1S(=O)(=O)[O-])CCCCC3)=C\c1oc2ccc3ccccc3c2[n+]1C. The van der Waals surface area contributed by atoms with Crippen molar-refractivity contribution in [2.45, 2.75) is 58.3 Å². The number of hydrogen-bond donors (Lipinski definition) is 0. The van der Waals surface area contributed by atoms with Gasteiger partial charge in [-0.05, 0) is 78.8 Å². The Balaban J connectivity index is 1.47. The van der Waals surface area contributed by atoms with E-state index in [2.05, 4.69) is 19.1 Å². The van der Waals surface area contributed by atoms with Gasteiger partial charge in [-0.25, -0.2) is 12.7 Å². The molecule has 202 valence electrons. The average molecular weight is 545 g/mol. The van der Waals surface area contributed by atoms with Crippen molar-refractivity contribution >= 4 is 43.9 Å². The summed E-state index contributed by atoms with van der Waals surface area (Å²) < 4.78 is 53.1. The van der Waals surface area contributed by atoms with Crippen LogP contribution in [0.4, 0.5) is 5.69 Å². The van der Waals surface area contributed by atoms with Gasteiger partial charge in [0, 0.05) is 6.08 Å². The van der Waals surface area contributed by atoms with Gasteiger partial charge in [0.25, 0.3) is 5.52 Å². The van der Waals surface area contributed by atoms with E-state index in [9.17, 15) is 13.0 Å². The molecule has 39 heavy (non-hydrogen) atoms. The van der Waals surface area contributed by atoms with Crippen molar-refractivity contribution in [3.63, 3.8) is 0 Å². The first-order valence-corrected chi connectivity index (χ1v) is 15.0. The second-order valence-electron chi connectivity index (χ2n) is 10.4. The quantitative estimate of drug-likeness (QED) is 0.158. The fourth-order valence-electron chi connectivity index (χ4n) is 5.81. The Kier molecular flexibility index (Phi) is 6.69. The third kappa shape index (κ3) is 4.72. The van der Waals surface area contributed by atoms with Crippen LogP contribution in [0.2, 0.25) is 0 Å². The molecular weight excluding hydrogens is 512 g/mol. The smallest absolute Gasteiger partial charge is 0.374 e. The van der Waals surface area contributed by atoms with Crippen LogP contribution in [0.5, 0.6) is 5.75 Å². The van der Waals surface area contributed by atoms with Gasteiger partial charge >= 0.3 is 5.89 Å². The minimum atomic E-state index is -4.87. The molecule has 0 saturated heterocycles. The Bertz CT molecular complexity index is 1750. The van der Waals surface area contributed by atoms with Crippen LogP contribution in [0.3, 0.4) is 0 Å². The van der Waals surface area contributed by atoms with Gasteiger partial charge in [-0.2, -0.15) is 4.57 Å². The molecule has 0 bridgehead atoms. The van der Waals surface area contributed by atoms with Gasteiger partial charge in [-0.3, -0.25) is 0 Å². The second kappa shape index (κ2) is 10.2. The van der Waals surface area contributed by atoms with E-state index in [1.54, 1.807) is 12.1 Å². The molecule has 3 aromatic carbocycles. The number of nitrogens with zero attached hydrogens (tertiary/aromatic N) is 2. The molecule has 0 unspecified atom stereocenters. The van der Waals surface area contributed by atoms with Gasteiger partial charge in [0.1, 0.15) is 12.7 Å². The molecule has 0 fully saturated rings. The Morgan fingerprint density at radius 1 is 1.08 bits per heavy atom. The highest BCUT2D eigenvalue weighted by Crippen LogP contribution is 2.46. The first-order chi connectivity index (χ1) is 18.8. The van der Waals surface area contributed by atoms with Crippen molar-refractivity contribution in [1.29, 1.82) is 0 Å². The second-order valence-corrected chi connectivity index (χ2v) is 11.6. The number of aromatic nitrogens is 1. The fourth-order valence-corrected chi connectivity index (χ4v) is 6.54. The fraction of sp³-hybridized carbons (Fsp3) is 0.323. The normalized spacial score (nSPS) is 16.9. The lowest BCUT2D eigenvalue weighted by Gasteiger charge is -2.24. The van der Waals surface area contributed by atoms with Crippen LogP contribution in [0, 0.1) is 0 Å². The molecule has 7 nitrogen and oxygen atoms in total. The molecule has 1 aliphatic heterocycles. The Labute approximate surface area is 228 Å². The van der Waals surface area contributed by atoms with Gasteiger partial charge in [0.2, 0.25) is 11.5 Å². The highest BCUT2D eigenvalue weighted by Gasteiger charge is 2.35. The summed E-state index contributed by atoms with van der Waals surface area (Å²) in [5, 5.41) is 2.21. The molecule has 8 heteroatoms. The van der Waals surface area contributed by atoms with E-state index < -0.39 is 10.3 Å². The molecule has 1 aliphatic carbocycles. The maximum absolute atomic E-state index is 12.6. The molecule has 0 amide bonds. The molecule has 6 rings (SSSR count). The van der Waals surface area contributed by atoms with Gasteiger partial charge in [0.15, 0.2) is 16.1 Å². The number of rotatable bonds is 6. The third-order valence-electron chi connectivity index (χ3n) is 7.74. The standard InChI is InChI=1S/C31H32N2O5S/c1-3-4-10-21(19-28-32(2)30-24-14-9-8-12-22(24)15-17-26(30)37-28)20-29-33(39(34,35)36)31-25-13-7-5-6-11-23(25)16-18-27(31)38-29/h8-9,12,14-20H,3-7,10-11,13H2,1-2H3. The van der Waals surface area contributed by atoms with E-state index in [0.29, 0.717) is 23.7 Å². The van der Waals surface area contributed by atoms with E-state index in [0.717, 1.165) is 87.8 Å². The molecule has 0 saturated carbocycles. The van der Waals surface area contributed by atoms with Crippen molar-refractivity contribution in [2.75, 3.05) is 4.31 Å². The van der Waals surface area contributed by atoms with E-state index in [-0.39, 0.29) is 5.88 Å². The van der Waals surface area contributed by atoms with E-state index >= 15 is 0 Å². The minimum absolute atomic E-state index is 0.0178. The summed E-state index contributed by atoms with van der Waals surface area (Å²) in [4.78, 5) is 0. The number of oxazole rings is 1. The molecule has 0 N–H and O–H groups in total. The van der Waals surface area contributed by atoms with Crippen LogP contribution in [0.15, 0.2) is 70.5 Å². The Hall–Kier alpha value is -3.62. The number of ether oxygens (including phenoxy) is 1. The van der Waals surface area contributed by atoms with Gasteiger partial charge in [-0.1, -0.05) is 50.1 Å². The molecule has 4 aromatic rings. The number of unbranched alkanes of at least 4 members (excludes halogenated alkanes) is 1. The van der Waals surface area contributed by atoms with Crippen LogP contribution >= 0.6 is 0 Å². The average Bonchev–Trinajstić information content (AvgIpc) is 3.34. The highest BCUT2D eigenvalue weighted by molar-refractivity contribution is 7.87. The van der Waals surface area contributed by atoms with Crippen LogP contribution in [0.25, 0.3) is 27.9 Å². The first kappa shape index (κ1) is 25.6. The van der Waals surface area contributed by atoms with Crippen molar-refractivity contribution in [3.05, 3.63) is 83.1 Å². The summed E-state index contributed by atoms with van der Waals surface area (Å²) in [6.45, 7) is 2.10. The molecule has 0 radical (unpaired) electrons. The monoisotopic (exact) mass is 544 g/mol. The van der Waals surface area contributed by atoms with Crippen molar-refractivity contribution in [1.82, 2.24) is 0 Å². The number of allylic oxidation sites excluding steroid dienone is 2. The largest absolute Gasteiger partial charge is 0.730 e. The topological polar surface area (TPSA) is 86.7 Å². The zero-order valence-corrected chi connectivity index (χ0v) is 23.1. The lowest BCUT2D eigenvalue weighted by Crippen LogP contribution is -2.30. The van der Waals surface area contributed by atoms with Crippen LogP contribution < -0.4 is 13.6 Å². The van der Waals surface area contributed by atoms with E-state index in [4.69, 9.17) is 9.15 Å². The van der Waals surface area contributed by atoms with E-state index in [1.165, 1.54) is 0 Å². The predicted molar refractivity (Wildman–Crippen MR) is 151 cm³/mol. The molecular formula is C31H32N2O5S. The maximum atomic E-state index is 12.6. The molecule has 0 spiro atoms. The number of anilines is 1. The van der Waals surface area contributed by atoms with Crippen molar-refractivity contribution < 1.29 is 26.7 Å². The number of fused-ring (bicyclic) bond motifs is 6. The zero-order valence-electron chi connectivity index (χ0n) is 22.3. The summed E-state index contributed by atoms with van der Waals surface area (Å²) in [5.41, 5.74) is 4.94.